The van der Waals surface area contributed by atoms with Crippen LogP contribution in [0.3, 0.4) is 0 Å². The van der Waals surface area contributed by atoms with Gasteiger partial charge in [0, 0.05) is 45.7 Å². The van der Waals surface area contributed by atoms with E-state index in [1.54, 1.807) is 0 Å². The number of aryl methyl sites for hydroxylation is 1. The van der Waals surface area contributed by atoms with E-state index in [4.69, 9.17) is 4.52 Å². The maximum absolute atomic E-state index is 12.5. The van der Waals surface area contributed by atoms with Gasteiger partial charge in [0.15, 0.2) is 5.82 Å². The molecule has 0 spiro atoms. The Morgan fingerprint density at radius 1 is 1.08 bits per heavy atom. The van der Waals surface area contributed by atoms with Crippen LogP contribution in [-0.4, -0.2) is 76.6 Å². The largest absolute Gasteiger partial charge is 0.342 e. The van der Waals surface area contributed by atoms with E-state index in [0.717, 1.165) is 64.4 Å². The van der Waals surface area contributed by atoms with Crippen molar-refractivity contribution in [2.24, 2.45) is 0 Å². The van der Waals surface area contributed by atoms with Gasteiger partial charge in [0.25, 0.3) is 0 Å². The first-order chi connectivity index (χ1) is 12.2. The summed E-state index contributed by atoms with van der Waals surface area (Å²) in [5.41, 5.74) is 0. The Morgan fingerprint density at radius 2 is 1.76 bits per heavy atom. The molecule has 1 aromatic heterocycles. The Labute approximate surface area is 150 Å². The third-order valence-electron chi connectivity index (χ3n) is 5.43. The van der Waals surface area contributed by atoms with Crippen molar-refractivity contribution >= 4 is 5.91 Å². The quantitative estimate of drug-likeness (QED) is 0.806. The molecule has 0 bridgehead atoms. The number of likely N-dealkylation sites (tertiary alicyclic amines) is 1. The molecule has 2 aliphatic rings. The number of rotatable bonds is 5. The second-order valence-corrected chi connectivity index (χ2v) is 7.19. The van der Waals surface area contributed by atoms with Gasteiger partial charge >= 0.3 is 0 Å². The highest BCUT2D eigenvalue weighted by atomic mass is 16.5. The van der Waals surface area contributed by atoms with Gasteiger partial charge < -0.3 is 9.42 Å². The summed E-state index contributed by atoms with van der Waals surface area (Å²) in [5, 5.41) is 3.99. The first-order valence-electron chi connectivity index (χ1n) is 9.74. The van der Waals surface area contributed by atoms with Crippen molar-refractivity contribution in [2.75, 3.05) is 45.8 Å². The van der Waals surface area contributed by atoms with Crippen LogP contribution in [0.2, 0.25) is 0 Å². The molecule has 7 heteroatoms. The average Bonchev–Trinajstić information content (AvgIpc) is 2.95. The highest BCUT2D eigenvalue weighted by molar-refractivity contribution is 5.78. The number of hydrogen-bond donors (Lipinski definition) is 0. The van der Waals surface area contributed by atoms with Gasteiger partial charge in [-0.3, -0.25) is 14.6 Å². The lowest BCUT2D eigenvalue weighted by Crippen LogP contribution is -2.50. The fourth-order valence-corrected chi connectivity index (χ4v) is 3.66. The Morgan fingerprint density at radius 3 is 2.36 bits per heavy atom. The third kappa shape index (κ3) is 4.79. The summed E-state index contributed by atoms with van der Waals surface area (Å²) >= 11 is 0. The van der Waals surface area contributed by atoms with Crippen molar-refractivity contribution in [3.8, 4) is 0 Å². The van der Waals surface area contributed by atoms with E-state index in [0.29, 0.717) is 18.3 Å². The maximum Gasteiger partial charge on any atom is 0.243 e. The molecule has 0 aliphatic carbocycles. The van der Waals surface area contributed by atoms with E-state index < -0.39 is 0 Å². The third-order valence-corrected chi connectivity index (χ3v) is 5.43. The fourth-order valence-electron chi connectivity index (χ4n) is 3.66. The van der Waals surface area contributed by atoms with Gasteiger partial charge in [0.1, 0.15) is 0 Å². The molecular weight excluding hydrogens is 318 g/mol. The van der Waals surface area contributed by atoms with Crippen LogP contribution in [0.1, 0.15) is 57.3 Å². The minimum Gasteiger partial charge on any atom is -0.342 e. The molecule has 2 fully saturated rings. The summed E-state index contributed by atoms with van der Waals surface area (Å²) in [6.45, 7) is 10.3. The second-order valence-electron chi connectivity index (χ2n) is 7.19. The van der Waals surface area contributed by atoms with Crippen molar-refractivity contribution in [3.63, 3.8) is 0 Å². The zero-order chi connectivity index (χ0) is 17.6. The van der Waals surface area contributed by atoms with Gasteiger partial charge in [-0.25, -0.2) is 0 Å². The summed E-state index contributed by atoms with van der Waals surface area (Å²) < 4.78 is 5.38. The zero-order valence-corrected chi connectivity index (χ0v) is 15.6. The first kappa shape index (κ1) is 18.3. The van der Waals surface area contributed by atoms with E-state index in [2.05, 4.69) is 31.8 Å². The molecule has 0 radical (unpaired) electrons. The molecule has 0 aromatic carbocycles. The first-order valence-corrected chi connectivity index (χ1v) is 9.74. The van der Waals surface area contributed by atoms with Crippen LogP contribution >= 0.6 is 0 Å². The average molecular weight is 349 g/mol. The van der Waals surface area contributed by atoms with E-state index in [9.17, 15) is 4.79 Å². The van der Waals surface area contributed by atoms with Crippen LogP contribution in [0.25, 0.3) is 0 Å². The standard InChI is InChI=1S/C18H31N5O2/c1-3-16-19-18(25-20-16)15(2)22-12-10-21(11-13-22)14-17(24)23-8-6-4-5-7-9-23/h15H,3-14H2,1-2H3. The molecule has 3 rings (SSSR count). The number of hydrogen-bond acceptors (Lipinski definition) is 6. The molecule has 0 N–H and O–H groups in total. The number of aromatic nitrogens is 2. The Balaban J connectivity index is 1.45. The Kier molecular flexibility index (Phi) is 6.42. The lowest BCUT2D eigenvalue weighted by molar-refractivity contribution is -0.132. The predicted molar refractivity (Wildman–Crippen MR) is 95.2 cm³/mol. The van der Waals surface area contributed by atoms with Gasteiger partial charge in [-0.15, -0.1) is 0 Å². The molecule has 2 saturated heterocycles. The number of amides is 1. The van der Waals surface area contributed by atoms with Crippen molar-refractivity contribution in [3.05, 3.63) is 11.7 Å². The van der Waals surface area contributed by atoms with Crippen molar-refractivity contribution in [2.45, 2.75) is 52.0 Å². The van der Waals surface area contributed by atoms with Gasteiger partial charge in [0.2, 0.25) is 11.8 Å². The SMILES string of the molecule is CCc1noc(C(C)N2CCN(CC(=O)N3CCCCCC3)CC2)n1. The van der Waals surface area contributed by atoms with Gasteiger partial charge in [-0.2, -0.15) is 4.98 Å². The summed E-state index contributed by atoms with van der Waals surface area (Å²) in [7, 11) is 0. The lowest BCUT2D eigenvalue weighted by Gasteiger charge is -2.37. The van der Waals surface area contributed by atoms with E-state index in [1.807, 2.05) is 6.92 Å². The Bertz CT molecular complexity index is 545. The monoisotopic (exact) mass is 349 g/mol. The number of piperazine rings is 1. The zero-order valence-electron chi connectivity index (χ0n) is 15.6. The van der Waals surface area contributed by atoms with E-state index in [1.165, 1.54) is 12.8 Å². The topological polar surface area (TPSA) is 65.7 Å². The molecule has 1 unspecified atom stereocenters. The van der Waals surface area contributed by atoms with Crippen LogP contribution < -0.4 is 0 Å². The molecule has 1 atom stereocenters. The van der Waals surface area contributed by atoms with Crippen molar-refractivity contribution in [1.29, 1.82) is 0 Å². The summed E-state index contributed by atoms with van der Waals surface area (Å²) in [4.78, 5) is 23.7. The van der Waals surface area contributed by atoms with Crippen LogP contribution in [0.5, 0.6) is 0 Å². The molecule has 140 valence electrons. The minimum atomic E-state index is 0.135. The molecular formula is C18H31N5O2. The number of carbonyl (C=O) groups is 1. The fraction of sp³-hybridized carbons (Fsp3) is 0.833. The Hall–Kier alpha value is -1.47. The summed E-state index contributed by atoms with van der Waals surface area (Å²) in [6.07, 6.45) is 5.62. The molecule has 7 nitrogen and oxygen atoms in total. The molecule has 1 amide bonds. The predicted octanol–water partition coefficient (Wildman–Crippen LogP) is 1.71. The van der Waals surface area contributed by atoms with Crippen molar-refractivity contribution < 1.29 is 9.32 Å². The summed E-state index contributed by atoms with van der Waals surface area (Å²) in [6, 6.07) is 0.135. The van der Waals surface area contributed by atoms with Crippen LogP contribution in [0.4, 0.5) is 0 Å². The van der Waals surface area contributed by atoms with Crippen LogP contribution in [0, 0.1) is 0 Å². The molecule has 2 aliphatic heterocycles. The van der Waals surface area contributed by atoms with Crippen molar-refractivity contribution in [1.82, 2.24) is 24.8 Å². The van der Waals surface area contributed by atoms with Gasteiger partial charge in [-0.1, -0.05) is 24.9 Å². The number of nitrogens with zero attached hydrogens (tertiary/aromatic N) is 5. The summed E-state index contributed by atoms with van der Waals surface area (Å²) in [5.74, 6) is 1.77. The highest BCUT2D eigenvalue weighted by Gasteiger charge is 2.27. The smallest absolute Gasteiger partial charge is 0.243 e. The maximum atomic E-state index is 12.5. The molecule has 25 heavy (non-hydrogen) atoms. The minimum absolute atomic E-state index is 0.135. The molecule has 3 heterocycles. The highest BCUT2D eigenvalue weighted by Crippen LogP contribution is 2.20. The van der Waals surface area contributed by atoms with E-state index in [-0.39, 0.29) is 6.04 Å². The molecule has 0 saturated carbocycles. The molecule has 1 aromatic rings. The van der Waals surface area contributed by atoms with Gasteiger partial charge in [0.05, 0.1) is 12.6 Å². The van der Waals surface area contributed by atoms with Crippen LogP contribution in [-0.2, 0) is 11.2 Å². The van der Waals surface area contributed by atoms with E-state index >= 15 is 0 Å². The normalized spacial score (nSPS) is 21.9. The van der Waals surface area contributed by atoms with Crippen LogP contribution in [0.15, 0.2) is 4.52 Å². The second kappa shape index (κ2) is 8.76. The van der Waals surface area contributed by atoms with Gasteiger partial charge in [-0.05, 0) is 19.8 Å². The lowest BCUT2D eigenvalue weighted by atomic mass is 10.2. The number of carbonyl (C=O) groups excluding carboxylic acids is 1.